The van der Waals surface area contributed by atoms with Gasteiger partial charge in [-0.3, -0.25) is 4.99 Å². The van der Waals surface area contributed by atoms with E-state index in [1.54, 1.807) is 13.2 Å². The summed E-state index contributed by atoms with van der Waals surface area (Å²) in [7, 11) is 1.59. The molecule has 0 radical (unpaired) electrons. The molecule has 0 fully saturated rings. The number of hydrogen-bond acceptors (Lipinski definition) is 4. The smallest absolute Gasteiger partial charge is 0.191 e. The van der Waals surface area contributed by atoms with E-state index < -0.39 is 0 Å². The first kappa shape index (κ1) is 23.2. The predicted molar refractivity (Wildman–Crippen MR) is 115 cm³/mol. The molecule has 1 aromatic carbocycles. The molecule has 0 aliphatic rings. The van der Waals surface area contributed by atoms with Crippen LogP contribution in [0.15, 0.2) is 23.2 Å². The van der Waals surface area contributed by atoms with E-state index >= 15 is 0 Å². The third-order valence-corrected chi connectivity index (χ3v) is 4.05. The van der Waals surface area contributed by atoms with Crippen LogP contribution in [0.3, 0.4) is 0 Å². The molecule has 0 aliphatic heterocycles. The molecule has 0 aromatic heterocycles. The van der Waals surface area contributed by atoms with Crippen molar-refractivity contribution in [2.45, 2.75) is 26.2 Å². The van der Waals surface area contributed by atoms with Gasteiger partial charge in [0.25, 0.3) is 0 Å². The van der Waals surface area contributed by atoms with Crippen LogP contribution in [0.2, 0.25) is 0 Å². The quantitative estimate of drug-likeness (QED) is 0.213. The number of halogens is 1. The SMILES string of the molecule is CCNC(=NCCCCSC)NCCc1ccc(OC)cc1O.I. The standard InChI is InChI=1S/C17H29N3O2S.HI/c1-4-18-17(19-10-5-6-12-23-3)20-11-9-14-7-8-15(22-2)13-16(14)21;/h7-8,13,21H,4-6,9-12H2,1-3H3,(H2,18,19,20);1H. The lowest BCUT2D eigenvalue weighted by Gasteiger charge is -2.12. The maximum Gasteiger partial charge on any atom is 0.191 e. The van der Waals surface area contributed by atoms with Gasteiger partial charge in [-0.25, -0.2) is 0 Å². The van der Waals surface area contributed by atoms with Crippen LogP contribution >= 0.6 is 35.7 Å². The molecule has 1 rings (SSSR count). The molecule has 0 spiro atoms. The molecule has 0 unspecified atom stereocenters. The highest BCUT2D eigenvalue weighted by Gasteiger charge is 2.04. The van der Waals surface area contributed by atoms with Crippen LogP contribution in [-0.2, 0) is 6.42 Å². The van der Waals surface area contributed by atoms with Gasteiger partial charge in [0.05, 0.1) is 7.11 Å². The molecule has 24 heavy (non-hydrogen) atoms. The first-order valence-electron chi connectivity index (χ1n) is 8.08. The number of nitrogens with zero attached hydrogens (tertiary/aromatic N) is 1. The van der Waals surface area contributed by atoms with E-state index in [4.69, 9.17) is 4.74 Å². The van der Waals surface area contributed by atoms with E-state index in [9.17, 15) is 5.11 Å². The maximum absolute atomic E-state index is 9.96. The summed E-state index contributed by atoms with van der Waals surface area (Å²) in [6.45, 7) is 4.45. The van der Waals surface area contributed by atoms with Gasteiger partial charge < -0.3 is 20.5 Å². The first-order chi connectivity index (χ1) is 11.2. The van der Waals surface area contributed by atoms with E-state index in [2.05, 4.69) is 28.8 Å². The number of phenols is 1. The van der Waals surface area contributed by atoms with Gasteiger partial charge in [0, 0.05) is 25.7 Å². The average Bonchev–Trinajstić information content (AvgIpc) is 2.56. The minimum atomic E-state index is 0. The summed E-state index contributed by atoms with van der Waals surface area (Å²) in [5.74, 6) is 2.96. The van der Waals surface area contributed by atoms with E-state index in [0.717, 1.165) is 44.0 Å². The van der Waals surface area contributed by atoms with Crippen molar-refractivity contribution in [1.82, 2.24) is 10.6 Å². The van der Waals surface area contributed by atoms with Gasteiger partial charge in [-0.05, 0) is 49.8 Å². The molecule has 0 atom stereocenters. The number of unbranched alkanes of at least 4 members (excludes halogenated alkanes) is 1. The number of methoxy groups -OCH3 is 1. The Labute approximate surface area is 167 Å². The van der Waals surface area contributed by atoms with Crippen molar-refractivity contribution < 1.29 is 9.84 Å². The summed E-state index contributed by atoms with van der Waals surface area (Å²) >= 11 is 1.87. The molecule has 0 saturated heterocycles. The topological polar surface area (TPSA) is 65.9 Å². The summed E-state index contributed by atoms with van der Waals surface area (Å²) in [6, 6.07) is 5.39. The number of aliphatic imine (C=N–C) groups is 1. The second-order valence-electron chi connectivity index (χ2n) is 5.13. The Hall–Kier alpha value is -0.830. The summed E-state index contributed by atoms with van der Waals surface area (Å²) in [4.78, 5) is 4.57. The lowest BCUT2D eigenvalue weighted by Crippen LogP contribution is -2.38. The zero-order chi connectivity index (χ0) is 16.9. The first-order valence-corrected chi connectivity index (χ1v) is 9.47. The third kappa shape index (κ3) is 9.46. The predicted octanol–water partition coefficient (Wildman–Crippen LogP) is 3.26. The van der Waals surface area contributed by atoms with Gasteiger partial charge in [-0.2, -0.15) is 11.8 Å². The van der Waals surface area contributed by atoms with Crippen molar-refractivity contribution in [3.63, 3.8) is 0 Å². The molecule has 0 aliphatic carbocycles. The van der Waals surface area contributed by atoms with Gasteiger partial charge in [0.15, 0.2) is 5.96 Å². The minimum Gasteiger partial charge on any atom is -0.508 e. The van der Waals surface area contributed by atoms with Crippen LogP contribution in [0.5, 0.6) is 11.5 Å². The second-order valence-corrected chi connectivity index (χ2v) is 6.12. The molecule has 0 bridgehead atoms. The van der Waals surface area contributed by atoms with E-state index in [1.165, 1.54) is 12.2 Å². The number of hydrogen-bond donors (Lipinski definition) is 3. The number of thioether (sulfide) groups is 1. The summed E-state index contributed by atoms with van der Waals surface area (Å²) in [5, 5.41) is 16.5. The largest absolute Gasteiger partial charge is 0.508 e. The number of guanidine groups is 1. The highest BCUT2D eigenvalue weighted by Crippen LogP contribution is 2.23. The fourth-order valence-corrected chi connectivity index (χ4v) is 2.58. The highest BCUT2D eigenvalue weighted by molar-refractivity contribution is 14.0. The van der Waals surface area contributed by atoms with Gasteiger partial charge >= 0.3 is 0 Å². The molecule has 3 N–H and O–H groups in total. The van der Waals surface area contributed by atoms with Gasteiger partial charge in [0.2, 0.25) is 0 Å². The second kappa shape index (κ2) is 14.5. The lowest BCUT2D eigenvalue weighted by molar-refractivity contribution is 0.406. The van der Waals surface area contributed by atoms with Crippen LogP contribution in [0, 0.1) is 0 Å². The number of benzene rings is 1. The zero-order valence-corrected chi connectivity index (χ0v) is 17.9. The molecular formula is C17H30IN3O2S. The fraction of sp³-hybridized carbons (Fsp3) is 0.588. The number of nitrogens with one attached hydrogen (secondary N) is 2. The molecular weight excluding hydrogens is 437 g/mol. The van der Waals surface area contributed by atoms with E-state index in [0.29, 0.717) is 5.75 Å². The van der Waals surface area contributed by atoms with Crippen molar-refractivity contribution in [2.24, 2.45) is 4.99 Å². The molecule has 0 saturated carbocycles. The Bertz CT molecular complexity index is 487. The maximum atomic E-state index is 9.96. The Morgan fingerprint density at radius 3 is 2.71 bits per heavy atom. The molecule has 1 aromatic rings. The van der Waals surface area contributed by atoms with Crippen molar-refractivity contribution in [3.8, 4) is 11.5 Å². The van der Waals surface area contributed by atoms with Crippen LogP contribution in [-0.4, -0.2) is 49.8 Å². The Balaban J connectivity index is 0.00000529. The molecule has 138 valence electrons. The van der Waals surface area contributed by atoms with Crippen molar-refractivity contribution in [3.05, 3.63) is 23.8 Å². The van der Waals surface area contributed by atoms with Gasteiger partial charge in [0.1, 0.15) is 11.5 Å². The van der Waals surface area contributed by atoms with Gasteiger partial charge in [-0.15, -0.1) is 24.0 Å². The molecule has 0 amide bonds. The minimum absolute atomic E-state index is 0. The highest BCUT2D eigenvalue weighted by atomic mass is 127. The lowest BCUT2D eigenvalue weighted by atomic mass is 10.1. The van der Waals surface area contributed by atoms with Crippen molar-refractivity contribution in [1.29, 1.82) is 0 Å². The van der Waals surface area contributed by atoms with Crippen LogP contribution in [0.1, 0.15) is 25.3 Å². The van der Waals surface area contributed by atoms with Crippen LogP contribution in [0.4, 0.5) is 0 Å². The van der Waals surface area contributed by atoms with Crippen molar-refractivity contribution >= 4 is 41.7 Å². The van der Waals surface area contributed by atoms with Crippen molar-refractivity contribution in [2.75, 3.05) is 38.8 Å². The monoisotopic (exact) mass is 467 g/mol. The Morgan fingerprint density at radius 2 is 2.08 bits per heavy atom. The third-order valence-electron chi connectivity index (χ3n) is 3.35. The molecule has 5 nitrogen and oxygen atoms in total. The summed E-state index contributed by atoms with van der Waals surface area (Å²) in [5.41, 5.74) is 0.897. The average molecular weight is 467 g/mol. The van der Waals surface area contributed by atoms with Crippen LogP contribution < -0.4 is 15.4 Å². The normalized spacial score (nSPS) is 10.9. The fourth-order valence-electron chi connectivity index (χ4n) is 2.09. The van der Waals surface area contributed by atoms with Gasteiger partial charge in [-0.1, -0.05) is 6.07 Å². The Morgan fingerprint density at radius 1 is 1.29 bits per heavy atom. The number of ether oxygens (including phenoxy) is 1. The number of rotatable bonds is 10. The van der Waals surface area contributed by atoms with E-state index in [-0.39, 0.29) is 29.7 Å². The Kier molecular flexibility index (Phi) is 14.0. The zero-order valence-electron chi connectivity index (χ0n) is 14.8. The van der Waals surface area contributed by atoms with Crippen LogP contribution in [0.25, 0.3) is 0 Å². The summed E-state index contributed by atoms with van der Waals surface area (Å²) in [6.07, 6.45) is 5.16. The molecule has 0 heterocycles. The van der Waals surface area contributed by atoms with E-state index in [1.807, 2.05) is 23.9 Å². The summed E-state index contributed by atoms with van der Waals surface area (Å²) < 4.78 is 5.09. The number of aromatic hydroxyl groups is 1. The molecule has 7 heteroatoms. The number of phenolic OH excluding ortho intramolecular Hbond substituents is 1.